The van der Waals surface area contributed by atoms with Gasteiger partial charge < -0.3 is 10.5 Å². The number of hydrogen-bond acceptors (Lipinski definition) is 2. The van der Waals surface area contributed by atoms with Crippen molar-refractivity contribution >= 4 is 15.9 Å². The van der Waals surface area contributed by atoms with Crippen LogP contribution in [0.25, 0.3) is 0 Å². The van der Waals surface area contributed by atoms with Crippen molar-refractivity contribution in [2.75, 3.05) is 7.11 Å². The minimum atomic E-state index is -4.18. The summed E-state index contributed by atoms with van der Waals surface area (Å²) in [4.78, 5) is 0. The first-order valence-electron chi connectivity index (χ1n) is 4.99. The number of methoxy groups -OCH3 is 1. The third kappa shape index (κ3) is 4.55. The van der Waals surface area contributed by atoms with Crippen LogP contribution in [0.3, 0.4) is 0 Å². The molecule has 0 aliphatic heterocycles. The van der Waals surface area contributed by atoms with Crippen LogP contribution in [0.15, 0.2) is 22.7 Å². The van der Waals surface area contributed by atoms with Gasteiger partial charge in [0.1, 0.15) is 5.75 Å². The van der Waals surface area contributed by atoms with E-state index in [0.29, 0.717) is 11.3 Å². The van der Waals surface area contributed by atoms with Crippen molar-refractivity contribution in [2.24, 2.45) is 5.73 Å². The van der Waals surface area contributed by atoms with Crippen LogP contribution >= 0.6 is 15.9 Å². The van der Waals surface area contributed by atoms with E-state index in [2.05, 4.69) is 15.9 Å². The van der Waals surface area contributed by atoms with E-state index in [1.54, 1.807) is 18.2 Å². The zero-order valence-electron chi connectivity index (χ0n) is 9.22. The highest BCUT2D eigenvalue weighted by Crippen LogP contribution is 2.32. The third-order valence-corrected chi connectivity index (χ3v) is 2.83. The standard InChI is InChI=1S/C11H13BrF3NO/c1-17-10-6-7(12)2-3-8(10)9(16)4-5-11(13,14)15/h2-3,6,9H,4-5,16H2,1H3/t9-/m1/s1. The fraction of sp³-hybridized carbons (Fsp3) is 0.455. The van der Waals surface area contributed by atoms with Crippen LogP contribution in [-0.4, -0.2) is 13.3 Å². The van der Waals surface area contributed by atoms with E-state index >= 15 is 0 Å². The van der Waals surface area contributed by atoms with Gasteiger partial charge in [-0.2, -0.15) is 13.2 Å². The van der Waals surface area contributed by atoms with E-state index in [1.807, 2.05) is 0 Å². The van der Waals surface area contributed by atoms with Crippen molar-refractivity contribution in [3.8, 4) is 5.75 Å². The summed E-state index contributed by atoms with van der Waals surface area (Å²) in [6.07, 6.45) is -5.23. The lowest BCUT2D eigenvalue weighted by Crippen LogP contribution is -2.16. The summed E-state index contributed by atoms with van der Waals surface area (Å²) in [5, 5.41) is 0. The van der Waals surface area contributed by atoms with Gasteiger partial charge in [-0.1, -0.05) is 22.0 Å². The van der Waals surface area contributed by atoms with Gasteiger partial charge in [-0.05, 0) is 18.6 Å². The monoisotopic (exact) mass is 311 g/mol. The number of alkyl halides is 3. The lowest BCUT2D eigenvalue weighted by atomic mass is 10.0. The average Bonchev–Trinajstić information content (AvgIpc) is 2.24. The smallest absolute Gasteiger partial charge is 0.389 e. The number of halogens is 4. The van der Waals surface area contributed by atoms with E-state index in [9.17, 15) is 13.2 Å². The maximum atomic E-state index is 12.1. The Bertz CT molecular complexity index is 381. The number of ether oxygens (including phenoxy) is 1. The molecule has 1 rings (SSSR count). The highest BCUT2D eigenvalue weighted by Gasteiger charge is 2.28. The highest BCUT2D eigenvalue weighted by atomic mass is 79.9. The molecule has 0 amide bonds. The minimum Gasteiger partial charge on any atom is -0.496 e. The molecule has 0 aromatic heterocycles. The Morgan fingerprint density at radius 3 is 2.59 bits per heavy atom. The van der Waals surface area contributed by atoms with Crippen molar-refractivity contribution in [3.63, 3.8) is 0 Å². The van der Waals surface area contributed by atoms with Crippen LogP contribution in [0, 0.1) is 0 Å². The number of rotatable bonds is 4. The molecule has 1 atom stereocenters. The fourth-order valence-corrected chi connectivity index (χ4v) is 1.81. The van der Waals surface area contributed by atoms with Crippen LogP contribution in [0.2, 0.25) is 0 Å². The lowest BCUT2D eigenvalue weighted by Gasteiger charge is -2.16. The molecule has 0 saturated carbocycles. The molecule has 17 heavy (non-hydrogen) atoms. The number of benzene rings is 1. The van der Waals surface area contributed by atoms with E-state index in [0.717, 1.165) is 4.47 Å². The molecule has 1 aromatic carbocycles. The molecule has 0 heterocycles. The van der Waals surface area contributed by atoms with Crippen molar-refractivity contribution in [1.82, 2.24) is 0 Å². The van der Waals surface area contributed by atoms with Crippen LogP contribution in [-0.2, 0) is 0 Å². The van der Waals surface area contributed by atoms with Crippen molar-refractivity contribution in [1.29, 1.82) is 0 Å². The second-order valence-electron chi connectivity index (χ2n) is 3.65. The Morgan fingerprint density at radius 2 is 2.06 bits per heavy atom. The predicted molar refractivity (Wildman–Crippen MR) is 62.9 cm³/mol. The highest BCUT2D eigenvalue weighted by molar-refractivity contribution is 9.10. The molecule has 2 N–H and O–H groups in total. The molecule has 0 saturated heterocycles. The number of hydrogen-bond donors (Lipinski definition) is 1. The van der Waals surface area contributed by atoms with Gasteiger partial charge in [-0.3, -0.25) is 0 Å². The first-order chi connectivity index (χ1) is 7.83. The van der Waals surface area contributed by atoms with E-state index in [1.165, 1.54) is 7.11 Å². The Morgan fingerprint density at radius 1 is 1.41 bits per heavy atom. The quantitative estimate of drug-likeness (QED) is 0.918. The van der Waals surface area contributed by atoms with Gasteiger partial charge in [-0.25, -0.2) is 0 Å². The predicted octanol–water partition coefficient (Wildman–Crippen LogP) is 3.80. The number of nitrogens with two attached hydrogens (primary N) is 1. The third-order valence-electron chi connectivity index (χ3n) is 2.33. The summed E-state index contributed by atoms with van der Waals surface area (Å²) >= 11 is 3.26. The van der Waals surface area contributed by atoms with Gasteiger partial charge in [0.2, 0.25) is 0 Å². The Balaban J connectivity index is 2.78. The zero-order valence-corrected chi connectivity index (χ0v) is 10.8. The van der Waals surface area contributed by atoms with Crippen LogP contribution in [0.1, 0.15) is 24.4 Å². The molecule has 96 valence electrons. The summed E-state index contributed by atoms with van der Waals surface area (Å²) in [7, 11) is 1.46. The van der Waals surface area contributed by atoms with Gasteiger partial charge in [0, 0.05) is 22.5 Å². The van der Waals surface area contributed by atoms with Gasteiger partial charge in [-0.15, -0.1) is 0 Å². The second-order valence-corrected chi connectivity index (χ2v) is 4.56. The molecular weight excluding hydrogens is 299 g/mol. The van der Waals surface area contributed by atoms with Crippen LogP contribution in [0.5, 0.6) is 5.75 Å². The minimum absolute atomic E-state index is 0.151. The first kappa shape index (κ1) is 14.3. The topological polar surface area (TPSA) is 35.2 Å². The molecule has 0 unspecified atom stereocenters. The average molecular weight is 312 g/mol. The Hall–Kier alpha value is -0.750. The largest absolute Gasteiger partial charge is 0.496 e. The molecule has 6 heteroatoms. The Labute approximate surface area is 106 Å². The van der Waals surface area contributed by atoms with Crippen LogP contribution in [0.4, 0.5) is 13.2 Å². The molecule has 0 bridgehead atoms. The second kappa shape index (κ2) is 5.73. The molecule has 0 aliphatic carbocycles. The lowest BCUT2D eigenvalue weighted by molar-refractivity contribution is -0.136. The molecule has 0 aliphatic rings. The SMILES string of the molecule is COc1cc(Br)ccc1[C@H](N)CCC(F)(F)F. The normalized spacial score (nSPS) is 13.5. The maximum Gasteiger partial charge on any atom is 0.389 e. The summed E-state index contributed by atoms with van der Waals surface area (Å²) < 4.78 is 42.1. The van der Waals surface area contributed by atoms with Crippen molar-refractivity contribution < 1.29 is 17.9 Å². The summed E-state index contributed by atoms with van der Waals surface area (Å²) in [5.74, 6) is 0.494. The van der Waals surface area contributed by atoms with E-state index in [4.69, 9.17) is 10.5 Å². The summed E-state index contributed by atoms with van der Waals surface area (Å²) in [6.45, 7) is 0. The fourth-order valence-electron chi connectivity index (χ4n) is 1.47. The van der Waals surface area contributed by atoms with E-state index < -0.39 is 18.6 Å². The van der Waals surface area contributed by atoms with Gasteiger partial charge >= 0.3 is 6.18 Å². The molecule has 0 spiro atoms. The van der Waals surface area contributed by atoms with Crippen molar-refractivity contribution in [3.05, 3.63) is 28.2 Å². The van der Waals surface area contributed by atoms with Gasteiger partial charge in [0.15, 0.2) is 0 Å². The molecule has 2 nitrogen and oxygen atoms in total. The van der Waals surface area contributed by atoms with Crippen molar-refractivity contribution in [2.45, 2.75) is 25.1 Å². The van der Waals surface area contributed by atoms with E-state index in [-0.39, 0.29) is 6.42 Å². The zero-order chi connectivity index (χ0) is 13.1. The molecule has 0 radical (unpaired) electrons. The summed E-state index contributed by atoms with van der Waals surface area (Å²) in [6, 6.07) is 4.40. The molecule has 0 fully saturated rings. The summed E-state index contributed by atoms with van der Waals surface area (Å²) in [5.41, 5.74) is 6.32. The van der Waals surface area contributed by atoms with Gasteiger partial charge in [0.05, 0.1) is 7.11 Å². The molecule has 1 aromatic rings. The molecular formula is C11H13BrF3NO. The van der Waals surface area contributed by atoms with Crippen LogP contribution < -0.4 is 10.5 Å². The first-order valence-corrected chi connectivity index (χ1v) is 5.78. The maximum absolute atomic E-state index is 12.1. The van der Waals surface area contributed by atoms with Gasteiger partial charge in [0.25, 0.3) is 0 Å². The Kier molecular flexibility index (Phi) is 4.82.